The molecule has 1 saturated heterocycles. The van der Waals surface area contributed by atoms with Gasteiger partial charge in [-0.1, -0.05) is 74.5 Å². The number of hydrogen-bond acceptors (Lipinski definition) is 3. The molecule has 1 fully saturated rings. The minimum absolute atomic E-state index is 0.00463. The average molecular weight is 473 g/mol. The van der Waals surface area contributed by atoms with Gasteiger partial charge < -0.3 is 14.8 Å². The summed E-state index contributed by atoms with van der Waals surface area (Å²) in [5.41, 5.74) is 2.83. The van der Waals surface area contributed by atoms with Gasteiger partial charge in [0.1, 0.15) is 6.04 Å². The Morgan fingerprint density at radius 3 is 2.37 bits per heavy atom. The number of likely N-dealkylation sites (tertiary alicyclic amines) is 1. The summed E-state index contributed by atoms with van der Waals surface area (Å²) in [5.74, 6) is -0.146. The maximum atomic E-state index is 13.3. The molecule has 184 valence electrons. The van der Waals surface area contributed by atoms with Crippen molar-refractivity contribution in [3.8, 4) is 0 Å². The Labute approximate surface area is 208 Å². The molecule has 1 aliphatic heterocycles. The quantitative estimate of drug-likeness (QED) is 0.504. The van der Waals surface area contributed by atoms with Crippen LogP contribution in [0, 0.1) is 0 Å². The van der Waals surface area contributed by atoms with Gasteiger partial charge >= 0.3 is 0 Å². The molecule has 6 nitrogen and oxygen atoms in total. The van der Waals surface area contributed by atoms with E-state index in [2.05, 4.69) is 74.4 Å². The van der Waals surface area contributed by atoms with Crippen molar-refractivity contribution in [3.05, 3.63) is 90.0 Å². The van der Waals surface area contributed by atoms with E-state index in [4.69, 9.17) is 0 Å². The van der Waals surface area contributed by atoms with Crippen LogP contribution >= 0.6 is 0 Å². The first-order valence-corrected chi connectivity index (χ1v) is 12.3. The van der Waals surface area contributed by atoms with E-state index in [-0.39, 0.29) is 29.2 Å². The molecular weight excluding hydrogens is 436 g/mol. The predicted octanol–water partition coefficient (Wildman–Crippen LogP) is 4.34. The Kier molecular flexibility index (Phi) is 7.10. The topological polar surface area (TPSA) is 67.2 Å². The summed E-state index contributed by atoms with van der Waals surface area (Å²) in [7, 11) is 0. The summed E-state index contributed by atoms with van der Waals surface area (Å²) < 4.78 is 1.98. The lowest BCUT2D eigenvalue weighted by molar-refractivity contribution is -0.136. The van der Waals surface area contributed by atoms with E-state index in [0.29, 0.717) is 19.5 Å². The highest BCUT2D eigenvalue weighted by molar-refractivity contribution is 5.90. The van der Waals surface area contributed by atoms with Crippen molar-refractivity contribution in [2.24, 2.45) is 0 Å². The predicted molar refractivity (Wildman–Crippen MR) is 138 cm³/mol. The molecule has 2 heterocycles. The molecule has 1 atom stereocenters. The Morgan fingerprint density at radius 1 is 1.03 bits per heavy atom. The van der Waals surface area contributed by atoms with Gasteiger partial charge in [0, 0.05) is 30.5 Å². The smallest absolute Gasteiger partial charge is 0.245 e. The van der Waals surface area contributed by atoms with Crippen LogP contribution in [0.1, 0.15) is 57.4 Å². The van der Waals surface area contributed by atoms with Crippen LogP contribution in [0.2, 0.25) is 0 Å². The summed E-state index contributed by atoms with van der Waals surface area (Å²) in [6.07, 6.45) is 5.12. The fourth-order valence-electron chi connectivity index (χ4n) is 5.41. The molecule has 0 saturated carbocycles. The maximum Gasteiger partial charge on any atom is 0.245 e. The van der Waals surface area contributed by atoms with Crippen molar-refractivity contribution < 1.29 is 9.59 Å². The van der Waals surface area contributed by atoms with Gasteiger partial charge in [0.2, 0.25) is 11.8 Å². The van der Waals surface area contributed by atoms with E-state index in [1.165, 1.54) is 5.56 Å². The molecule has 0 aliphatic carbocycles. The minimum Gasteiger partial charge on any atom is -0.344 e. The van der Waals surface area contributed by atoms with E-state index in [9.17, 15) is 9.59 Å². The largest absolute Gasteiger partial charge is 0.344 e. The third-order valence-corrected chi connectivity index (χ3v) is 7.04. The molecule has 3 aromatic rings. The summed E-state index contributed by atoms with van der Waals surface area (Å²) in [6, 6.07) is 20.0. The van der Waals surface area contributed by atoms with E-state index < -0.39 is 6.04 Å². The monoisotopic (exact) mass is 472 g/mol. The second-order valence-electron chi connectivity index (χ2n) is 10.8. The zero-order valence-corrected chi connectivity index (χ0v) is 21.2. The molecule has 1 N–H and O–H groups in total. The van der Waals surface area contributed by atoms with Gasteiger partial charge in [-0.3, -0.25) is 9.59 Å². The van der Waals surface area contributed by atoms with Crippen LogP contribution in [-0.2, 0) is 28.0 Å². The fourth-order valence-corrected chi connectivity index (χ4v) is 5.41. The number of benzene rings is 2. The molecule has 2 aromatic carbocycles. The van der Waals surface area contributed by atoms with Crippen molar-refractivity contribution in [2.45, 2.75) is 70.5 Å². The second kappa shape index (κ2) is 10.1. The Bertz CT molecular complexity index is 1150. The van der Waals surface area contributed by atoms with E-state index >= 15 is 0 Å². The zero-order chi connectivity index (χ0) is 25.1. The Balaban J connectivity index is 1.36. The molecular formula is C29H36N4O2. The van der Waals surface area contributed by atoms with Crippen molar-refractivity contribution in [1.29, 1.82) is 0 Å². The van der Waals surface area contributed by atoms with Crippen molar-refractivity contribution in [1.82, 2.24) is 19.8 Å². The molecule has 0 unspecified atom stereocenters. The number of carbonyl (C=O) groups is 2. The summed E-state index contributed by atoms with van der Waals surface area (Å²) in [5, 5.41) is 2.98. The first-order chi connectivity index (χ1) is 16.7. The lowest BCUT2D eigenvalue weighted by Crippen LogP contribution is -2.51. The lowest BCUT2D eigenvalue weighted by Gasteiger charge is -2.42. The number of imidazole rings is 1. The number of rotatable bonds is 9. The second-order valence-corrected chi connectivity index (χ2v) is 10.8. The highest BCUT2D eigenvalue weighted by atomic mass is 16.2. The van der Waals surface area contributed by atoms with Gasteiger partial charge in [0.25, 0.3) is 0 Å². The highest BCUT2D eigenvalue weighted by Crippen LogP contribution is 2.36. The molecule has 0 radical (unpaired) electrons. The molecule has 0 bridgehead atoms. The van der Waals surface area contributed by atoms with Gasteiger partial charge in [-0.25, -0.2) is 4.98 Å². The first kappa shape index (κ1) is 24.7. The van der Waals surface area contributed by atoms with Crippen LogP contribution in [-0.4, -0.2) is 44.4 Å². The van der Waals surface area contributed by atoms with Gasteiger partial charge in [-0.2, -0.15) is 0 Å². The summed E-state index contributed by atoms with van der Waals surface area (Å²) >= 11 is 0. The van der Waals surface area contributed by atoms with Gasteiger partial charge in [0.05, 0.1) is 12.7 Å². The Hall–Kier alpha value is -3.41. The number of nitrogens with one attached hydrogen (secondary N) is 1. The zero-order valence-electron chi connectivity index (χ0n) is 21.2. The molecule has 1 aromatic heterocycles. The average Bonchev–Trinajstić information content (AvgIpc) is 3.41. The van der Waals surface area contributed by atoms with Crippen LogP contribution in [0.3, 0.4) is 0 Å². The summed E-state index contributed by atoms with van der Waals surface area (Å²) in [6.45, 7) is 10.0. The number of carbonyl (C=O) groups excluding carboxylic acids is 2. The minimum atomic E-state index is -0.480. The third-order valence-electron chi connectivity index (χ3n) is 7.04. The van der Waals surface area contributed by atoms with E-state index in [1.807, 2.05) is 33.7 Å². The molecule has 1 aliphatic rings. The first-order valence-electron chi connectivity index (χ1n) is 12.3. The van der Waals surface area contributed by atoms with Crippen LogP contribution in [0.15, 0.2) is 73.2 Å². The SMILES string of the molecule is CC(C)(CC(C)(C)N1CC[C@H](NC(=O)Cc2cncn2Cc2ccccc2)C1=O)c1ccccc1. The molecule has 35 heavy (non-hydrogen) atoms. The van der Waals surface area contributed by atoms with Crippen molar-refractivity contribution >= 4 is 11.8 Å². The summed E-state index contributed by atoms with van der Waals surface area (Å²) in [4.78, 5) is 32.4. The lowest BCUT2D eigenvalue weighted by atomic mass is 9.74. The third kappa shape index (κ3) is 5.81. The van der Waals surface area contributed by atoms with Crippen molar-refractivity contribution in [2.75, 3.05) is 6.54 Å². The van der Waals surface area contributed by atoms with Gasteiger partial charge in [-0.05, 0) is 43.2 Å². The van der Waals surface area contributed by atoms with Gasteiger partial charge in [-0.15, -0.1) is 0 Å². The number of hydrogen-bond donors (Lipinski definition) is 1. The number of nitrogens with zero attached hydrogens (tertiary/aromatic N) is 3. The Morgan fingerprint density at radius 2 is 1.69 bits per heavy atom. The van der Waals surface area contributed by atoms with Crippen molar-refractivity contribution in [3.63, 3.8) is 0 Å². The van der Waals surface area contributed by atoms with Crippen LogP contribution in [0.5, 0.6) is 0 Å². The van der Waals surface area contributed by atoms with E-state index in [0.717, 1.165) is 17.7 Å². The van der Waals surface area contributed by atoms with Gasteiger partial charge in [0.15, 0.2) is 0 Å². The maximum absolute atomic E-state index is 13.3. The molecule has 0 spiro atoms. The van der Waals surface area contributed by atoms with Crippen LogP contribution < -0.4 is 5.32 Å². The molecule has 6 heteroatoms. The molecule has 2 amide bonds. The highest BCUT2D eigenvalue weighted by Gasteiger charge is 2.43. The fraction of sp³-hybridized carbons (Fsp3) is 0.414. The van der Waals surface area contributed by atoms with Crippen LogP contribution in [0.4, 0.5) is 0 Å². The molecule has 4 rings (SSSR count). The normalized spacial score (nSPS) is 16.5. The number of amides is 2. The van der Waals surface area contributed by atoms with E-state index in [1.54, 1.807) is 12.5 Å². The van der Waals surface area contributed by atoms with Crippen LogP contribution in [0.25, 0.3) is 0 Å². The number of aromatic nitrogens is 2. The standard InChI is InChI=1S/C29H36N4O2/c1-28(2,23-13-9-6-10-14-23)20-29(3,4)33-16-15-25(27(33)35)31-26(34)17-24-18-30-21-32(24)19-22-11-7-5-8-12-22/h5-14,18,21,25H,15-17,19-20H2,1-4H3,(H,31,34)/t25-/m0/s1.